The van der Waals surface area contributed by atoms with Gasteiger partial charge in [0.2, 0.25) is 4.96 Å². The van der Waals surface area contributed by atoms with Crippen molar-refractivity contribution in [3.05, 3.63) is 82.3 Å². The summed E-state index contributed by atoms with van der Waals surface area (Å²) in [5.41, 5.74) is 2.17. The number of nitrogens with zero attached hydrogens (tertiary/aromatic N) is 3. The van der Waals surface area contributed by atoms with Crippen LogP contribution in [0, 0.1) is 6.92 Å². The van der Waals surface area contributed by atoms with E-state index in [-0.39, 0.29) is 24.6 Å². The van der Waals surface area contributed by atoms with E-state index in [4.69, 9.17) is 4.74 Å². The second kappa shape index (κ2) is 8.24. The lowest BCUT2D eigenvalue weighted by molar-refractivity contribution is -0.123. The lowest BCUT2D eigenvalue weighted by atomic mass is 10.2. The standard InChI is InChI=1S/C21H18N4O3S/c1-14-6-5-9-17(10-14)28-13-18(26)22-12-16-11-19(27)25-21(23-16)29-20(24-25)15-7-3-2-4-8-15/h2-11H,12-13H2,1H3,(H,22,26). The number of aromatic nitrogens is 3. The number of carbonyl (C=O) groups is 1. The topological polar surface area (TPSA) is 85.6 Å². The molecule has 0 radical (unpaired) electrons. The van der Waals surface area contributed by atoms with E-state index in [0.717, 1.165) is 11.1 Å². The summed E-state index contributed by atoms with van der Waals surface area (Å²) in [5.74, 6) is 0.346. The summed E-state index contributed by atoms with van der Waals surface area (Å²) in [7, 11) is 0. The smallest absolute Gasteiger partial charge is 0.275 e. The van der Waals surface area contributed by atoms with E-state index < -0.39 is 0 Å². The number of nitrogens with one attached hydrogen (secondary N) is 1. The molecule has 4 aromatic rings. The van der Waals surface area contributed by atoms with Gasteiger partial charge in [-0.2, -0.15) is 9.61 Å². The first kappa shape index (κ1) is 18.8. The molecule has 0 fully saturated rings. The number of carbonyl (C=O) groups excluding carboxylic acids is 1. The molecule has 4 rings (SSSR count). The zero-order valence-electron chi connectivity index (χ0n) is 15.7. The van der Waals surface area contributed by atoms with E-state index in [9.17, 15) is 9.59 Å². The van der Waals surface area contributed by atoms with E-state index in [2.05, 4.69) is 15.4 Å². The number of rotatable bonds is 6. The fourth-order valence-corrected chi connectivity index (χ4v) is 3.67. The van der Waals surface area contributed by atoms with Crippen LogP contribution in [0.3, 0.4) is 0 Å². The van der Waals surface area contributed by atoms with Crippen LogP contribution in [-0.2, 0) is 11.3 Å². The second-order valence-electron chi connectivity index (χ2n) is 6.44. The number of aryl methyl sites for hydroxylation is 1. The molecule has 29 heavy (non-hydrogen) atoms. The Kier molecular flexibility index (Phi) is 5.35. The normalized spacial score (nSPS) is 10.8. The van der Waals surface area contributed by atoms with Gasteiger partial charge in [-0.15, -0.1) is 0 Å². The molecule has 0 atom stereocenters. The summed E-state index contributed by atoms with van der Waals surface area (Å²) in [6, 6.07) is 18.5. The van der Waals surface area contributed by atoms with Gasteiger partial charge >= 0.3 is 0 Å². The van der Waals surface area contributed by atoms with Crippen LogP contribution in [0.2, 0.25) is 0 Å². The summed E-state index contributed by atoms with van der Waals surface area (Å²) >= 11 is 1.33. The van der Waals surface area contributed by atoms with Gasteiger partial charge in [0.05, 0.1) is 12.2 Å². The molecule has 0 aliphatic carbocycles. The molecule has 8 heteroatoms. The van der Waals surface area contributed by atoms with Gasteiger partial charge in [0.25, 0.3) is 11.5 Å². The Morgan fingerprint density at radius 1 is 1.14 bits per heavy atom. The molecular weight excluding hydrogens is 388 g/mol. The zero-order chi connectivity index (χ0) is 20.2. The molecule has 7 nitrogen and oxygen atoms in total. The van der Waals surface area contributed by atoms with Gasteiger partial charge in [0.15, 0.2) is 6.61 Å². The van der Waals surface area contributed by atoms with Crippen LogP contribution >= 0.6 is 11.3 Å². The number of hydrogen-bond acceptors (Lipinski definition) is 6. The lowest BCUT2D eigenvalue weighted by Gasteiger charge is -2.07. The van der Waals surface area contributed by atoms with Gasteiger partial charge in [-0.1, -0.05) is 53.8 Å². The van der Waals surface area contributed by atoms with E-state index >= 15 is 0 Å². The number of amides is 1. The molecule has 2 aromatic carbocycles. The van der Waals surface area contributed by atoms with Crippen LogP contribution in [0.4, 0.5) is 0 Å². The maximum Gasteiger partial charge on any atom is 0.275 e. The first-order valence-electron chi connectivity index (χ1n) is 9.00. The zero-order valence-corrected chi connectivity index (χ0v) is 16.5. The molecule has 0 unspecified atom stereocenters. The van der Waals surface area contributed by atoms with E-state index in [0.29, 0.717) is 21.4 Å². The molecule has 0 bridgehead atoms. The summed E-state index contributed by atoms with van der Waals surface area (Å²) in [4.78, 5) is 29.3. The van der Waals surface area contributed by atoms with Crippen LogP contribution in [0.1, 0.15) is 11.3 Å². The molecule has 2 heterocycles. The quantitative estimate of drug-likeness (QED) is 0.532. The average molecular weight is 406 g/mol. The average Bonchev–Trinajstić information content (AvgIpc) is 3.16. The minimum atomic E-state index is -0.289. The van der Waals surface area contributed by atoms with Crippen LogP contribution in [0.15, 0.2) is 65.5 Å². The van der Waals surface area contributed by atoms with Crippen molar-refractivity contribution in [2.45, 2.75) is 13.5 Å². The van der Waals surface area contributed by atoms with Gasteiger partial charge in [-0.25, -0.2) is 4.98 Å². The van der Waals surface area contributed by atoms with Crippen molar-refractivity contribution in [1.29, 1.82) is 0 Å². The van der Waals surface area contributed by atoms with E-state index in [1.807, 2.05) is 55.5 Å². The van der Waals surface area contributed by atoms with Crippen LogP contribution in [0.5, 0.6) is 5.75 Å². The Morgan fingerprint density at radius 3 is 2.76 bits per heavy atom. The van der Waals surface area contributed by atoms with Crippen molar-refractivity contribution in [2.75, 3.05) is 6.61 Å². The van der Waals surface area contributed by atoms with Gasteiger partial charge in [0, 0.05) is 11.6 Å². The van der Waals surface area contributed by atoms with E-state index in [1.165, 1.54) is 21.9 Å². The summed E-state index contributed by atoms with van der Waals surface area (Å²) in [5, 5.41) is 7.78. The van der Waals surface area contributed by atoms with Crippen LogP contribution in [0.25, 0.3) is 15.5 Å². The van der Waals surface area contributed by atoms with Crippen molar-refractivity contribution in [1.82, 2.24) is 19.9 Å². The van der Waals surface area contributed by atoms with Gasteiger partial charge in [0.1, 0.15) is 10.8 Å². The number of benzene rings is 2. The van der Waals surface area contributed by atoms with Gasteiger partial charge in [-0.3, -0.25) is 9.59 Å². The SMILES string of the molecule is Cc1cccc(OCC(=O)NCc2cc(=O)n3nc(-c4ccccc4)sc3n2)c1. The van der Waals surface area contributed by atoms with Crippen molar-refractivity contribution in [3.8, 4) is 16.3 Å². The predicted octanol–water partition coefficient (Wildman–Crippen LogP) is 2.82. The fourth-order valence-electron chi connectivity index (χ4n) is 2.74. The van der Waals surface area contributed by atoms with Crippen molar-refractivity contribution < 1.29 is 9.53 Å². The molecule has 0 spiro atoms. The maximum absolute atomic E-state index is 12.4. The molecule has 1 amide bonds. The lowest BCUT2D eigenvalue weighted by Crippen LogP contribution is -2.29. The molecule has 0 aliphatic rings. The second-order valence-corrected chi connectivity index (χ2v) is 7.39. The Labute approximate surface area is 170 Å². The third kappa shape index (κ3) is 4.49. The molecule has 0 aliphatic heterocycles. The fraction of sp³-hybridized carbons (Fsp3) is 0.143. The van der Waals surface area contributed by atoms with Crippen molar-refractivity contribution in [2.24, 2.45) is 0 Å². The Morgan fingerprint density at radius 2 is 1.97 bits per heavy atom. The highest BCUT2D eigenvalue weighted by Gasteiger charge is 2.11. The summed E-state index contributed by atoms with van der Waals surface area (Å²) < 4.78 is 6.75. The number of hydrogen-bond donors (Lipinski definition) is 1. The first-order valence-corrected chi connectivity index (χ1v) is 9.81. The Bertz CT molecular complexity index is 1220. The molecule has 0 saturated heterocycles. The molecule has 1 N–H and O–H groups in total. The molecular formula is C21H18N4O3S. The van der Waals surface area contributed by atoms with Crippen LogP contribution in [-0.4, -0.2) is 27.1 Å². The third-order valence-electron chi connectivity index (χ3n) is 4.14. The van der Waals surface area contributed by atoms with Crippen LogP contribution < -0.4 is 15.6 Å². The molecule has 2 aromatic heterocycles. The highest BCUT2D eigenvalue weighted by atomic mass is 32.1. The minimum Gasteiger partial charge on any atom is -0.484 e. The Hall–Kier alpha value is -3.52. The predicted molar refractivity (Wildman–Crippen MR) is 111 cm³/mol. The molecule has 0 saturated carbocycles. The van der Waals surface area contributed by atoms with Crippen molar-refractivity contribution >= 4 is 22.2 Å². The number of fused-ring (bicyclic) bond motifs is 1. The first-order chi connectivity index (χ1) is 14.1. The van der Waals surface area contributed by atoms with E-state index in [1.54, 1.807) is 6.07 Å². The number of ether oxygens (including phenoxy) is 1. The summed E-state index contributed by atoms with van der Waals surface area (Å²) in [6.07, 6.45) is 0. The minimum absolute atomic E-state index is 0.108. The summed E-state index contributed by atoms with van der Waals surface area (Å²) in [6.45, 7) is 1.99. The third-order valence-corrected chi connectivity index (χ3v) is 5.10. The maximum atomic E-state index is 12.4. The highest BCUT2D eigenvalue weighted by molar-refractivity contribution is 7.19. The van der Waals surface area contributed by atoms with Gasteiger partial charge < -0.3 is 10.1 Å². The Balaban J connectivity index is 1.43. The van der Waals surface area contributed by atoms with Gasteiger partial charge in [-0.05, 0) is 24.6 Å². The highest BCUT2D eigenvalue weighted by Crippen LogP contribution is 2.23. The molecule has 146 valence electrons. The van der Waals surface area contributed by atoms with Crippen molar-refractivity contribution in [3.63, 3.8) is 0 Å². The largest absolute Gasteiger partial charge is 0.484 e. The monoisotopic (exact) mass is 406 g/mol.